The molecule has 3 rings (SSSR count). The minimum Gasteiger partial charge on any atom is -0.385 e. The van der Waals surface area contributed by atoms with E-state index in [1.807, 2.05) is 6.07 Å². The molecule has 20 heavy (non-hydrogen) atoms. The molecule has 1 aliphatic heterocycles. The van der Waals surface area contributed by atoms with E-state index in [4.69, 9.17) is 10.5 Å². The lowest BCUT2D eigenvalue weighted by Crippen LogP contribution is -2.34. The van der Waals surface area contributed by atoms with Crippen molar-refractivity contribution in [3.05, 3.63) is 12.4 Å². The quantitative estimate of drug-likeness (QED) is 0.895. The Bertz CT molecular complexity index is 575. The normalized spacial score (nSPS) is 16.9. The highest BCUT2D eigenvalue weighted by atomic mass is 16.5. The topological polar surface area (TPSA) is 81.6 Å². The fourth-order valence-electron chi connectivity index (χ4n) is 2.74. The second-order valence-corrected chi connectivity index (χ2v) is 5.24. The Hall–Kier alpha value is -1.89. The number of nitrogen functional groups attached to an aromatic ring is 1. The number of fused-ring (bicyclic) bond motifs is 1. The molecule has 7 nitrogen and oxygen atoms in total. The van der Waals surface area contributed by atoms with Crippen LogP contribution in [0.25, 0.3) is 5.65 Å². The maximum atomic E-state index is 5.93. The molecular formula is C13H20N6O. The Morgan fingerprint density at radius 1 is 1.40 bits per heavy atom. The average molecular weight is 276 g/mol. The molecule has 0 spiro atoms. The molecule has 0 amide bonds. The smallest absolute Gasteiger partial charge is 0.209 e. The average Bonchev–Trinajstić information content (AvgIpc) is 2.94. The fourth-order valence-corrected chi connectivity index (χ4v) is 2.74. The van der Waals surface area contributed by atoms with Crippen molar-refractivity contribution < 1.29 is 4.74 Å². The number of nitrogens with zero attached hydrogens (tertiary/aromatic N) is 5. The zero-order valence-electron chi connectivity index (χ0n) is 11.7. The molecule has 1 saturated heterocycles. The minimum atomic E-state index is 0.434. The third kappa shape index (κ3) is 2.53. The maximum Gasteiger partial charge on any atom is 0.209 e. The van der Waals surface area contributed by atoms with Crippen molar-refractivity contribution in [2.75, 3.05) is 37.4 Å². The second-order valence-electron chi connectivity index (χ2n) is 5.24. The van der Waals surface area contributed by atoms with Crippen LogP contribution < -0.4 is 10.6 Å². The molecule has 1 aliphatic rings. The van der Waals surface area contributed by atoms with E-state index in [0.29, 0.717) is 5.95 Å². The van der Waals surface area contributed by atoms with Gasteiger partial charge in [0, 0.05) is 32.9 Å². The number of anilines is 2. The van der Waals surface area contributed by atoms with Crippen molar-refractivity contribution in [3.8, 4) is 0 Å². The Kier molecular flexibility index (Phi) is 3.68. The summed E-state index contributed by atoms with van der Waals surface area (Å²) in [5.41, 5.74) is 6.67. The largest absolute Gasteiger partial charge is 0.385 e. The lowest BCUT2D eigenvalue weighted by Gasteiger charge is -2.32. The van der Waals surface area contributed by atoms with Gasteiger partial charge in [0.2, 0.25) is 5.95 Å². The van der Waals surface area contributed by atoms with Crippen molar-refractivity contribution in [3.63, 3.8) is 0 Å². The van der Waals surface area contributed by atoms with Crippen LogP contribution in [0.15, 0.2) is 12.4 Å². The molecule has 0 radical (unpaired) electrons. The van der Waals surface area contributed by atoms with E-state index in [1.165, 1.54) is 12.8 Å². The zero-order chi connectivity index (χ0) is 13.9. The first-order valence-corrected chi connectivity index (χ1v) is 6.98. The summed E-state index contributed by atoms with van der Waals surface area (Å²) in [6.45, 7) is 2.86. The molecular weight excluding hydrogens is 256 g/mol. The molecule has 0 aliphatic carbocycles. The molecule has 0 unspecified atom stereocenters. The molecule has 0 atom stereocenters. The van der Waals surface area contributed by atoms with E-state index < -0.39 is 0 Å². The third-order valence-corrected chi connectivity index (χ3v) is 3.98. The number of hydrogen-bond donors (Lipinski definition) is 1. The summed E-state index contributed by atoms with van der Waals surface area (Å²) in [5, 5.41) is 7.89. The molecule has 2 N–H and O–H groups in total. The SMILES string of the molecule is COCCC1CCN(c2cc3nncn3c(N)n2)CC1. The van der Waals surface area contributed by atoms with Crippen LogP contribution in [-0.2, 0) is 4.74 Å². The fraction of sp³-hybridized carbons (Fsp3) is 0.615. The lowest BCUT2D eigenvalue weighted by atomic mass is 9.94. The molecule has 0 saturated carbocycles. The number of ether oxygens (including phenoxy) is 1. The van der Waals surface area contributed by atoms with Crippen molar-refractivity contribution in [1.29, 1.82) is 0 Å². The number of piperidine rings is 1. The molecule has 7 heteroatoms. The highest BCUT2D eigenvalue weighted by molar-refractivity contribution is 5.55. The number of aromatic nitrogens is 4. The number of rotatable bonds is 4. The van der Waals surface area contributed by atoms with E-state index in [2.05, 4.69) is 20.1 Å². The first kappa shape index (κ1) is 13.1. The van der Waals surface area contributed by atoms with Gasteiger partial charge in [0.05, 0.1) is 0 Å². The predicted molar refractivity (Wildman–Crippen MR) is 76.6 cm³/mol. The Labute approximate surface area is 117 Å². The standard InChI is InChI=1S/C13H20N6O/c1-20-7-4-10-2-5-18(6-3-10)11-8-12-17-15-9-19(12)13(14)16-11/h8-10H,2-7H2,1H3,(H2,14,16). The van der Waals surface area contributed by atoms with Gasteiger partial charge in [0.15, 0.2) is 5.65 Å². The summed E-state index contributed by atoms with van der Waals surface area (Å²) in [7, 11) is 1.76. The lowest BCUT2D eigenvalue weighted by molar-refractivity contribution is 0.170. The molecule has 1 fully saturated rings. The van der Waals surface area contributed by atoms with Gasteiger partial charge in [-0.25, -0.2) is 0 Å². The molecule has 3 heterocycles. The van der Waals surface area contributed by atoms with Gasteiger partial charge >= 0.3 is 0 Å². The van der Waals surface area contributed by atoms with E-state index in [-0.39, 0.29) is 0 Å². The third-order valence-electron chi connectivity index (χ3n) is 3.98. The number of nitrogens with two attached hydrogens (primary N) is 1. The summed E-state index contributed by atoms with van der Waals surface area (Å²) in [6.07, 6.45) is 5.06. The molecule has 2 aromatic heterocycles. The summed E-state index contributed by atoms with van der Waals surface area (Å²) in [5.74, 6) is 2.08. The van der Waals surface area contributed by atoms with Gasteiger partial charge in [-0.3, -0.25) is 4.40 Å². The summed E-state index contributed by atoms with van der Waals surface area (Å²) in [6, 6.07) is 1.94. The summed E-state index contributed by atoms with van der Waals surface area (Å²) in [4.78, 5) is 6.72. The van der Waals surface area contributed by atoms with Crippen molar-refractivity contribution >= 4 is 17.4 Å². The number of methoxy groups -OCH3 is 1. The van der Waals surface area contributed by atoms with E-state index in [1.54, 1.807) is 17.8 Å². The first-order valence-electron chi connectivity index (χ1n) is 6.98. The van der Waals surface area contributed by atoms with Crippen LogP contribution in [0.5, 0.6) is 0 Å². The van der Waals surface area contributed by atoms with Crippen LogP contribution in [0.4, 0.5) is 11.8 Å². The van der Waals surface area contributed by atoms with Gasteiger partial charge in [-0.2, -0.15) is 4.98 Å². The summed E-state index contributed by atoms with van der Waals surface area (Å²) < 4.78 is 6.84. The second kappa shape index (κ2) is 5.62. The van der Waals surface area contributed by atoms with Gasteiger partial charge in [0.25, 0.3) is 0 Å². The van der Waals surface area contributed by atoms with Crippen LogP contribution in [0.2, 0.25) is 0 Å². The van der Waals surface area contributed by atoms with Crippen LogP contribution in [-0.4, -0.2) is 46.4 Å². The van der Waals surface area contributed by atoms with Crippen LogP contribution in [0, 0.1) is 5.92 Å². The number of hydrogen-bond acceptors (Lipinski definition) is 6. The highest BCUT2D eigenvalue weighted by Crippen LogP contribution is 2.25. The first-order chi connectivity index (χ1) is 9.78. The zero-order valence-corrected chi connectivity index (χ0v) is 11.7. The Morgan fingerprint density at radius 3 is 2.95 bits per heavy atom. The Morgan fingerprint density at radius 2 is 2.20 bits per heavy atom. The van der Waals surface area contributed by atoms with Gasteiger partial charge < -0.3 is 15.4 Å². The van der Waals surface area contributed by atoms with E-state index in [0.717, 1.165) is 43.5 Å². The molecule has 2 aromatic rings. The van der Waals surface area contributed by atoms with Crippen LogP contribution in [0.1, 0.15) is 19.3 Å². The molecule has 108 valence electrons. The van der Waals surface area contributed by atoms with E-state index in [9.17, 15) is 0 Å². The van der Waals surface area contributed by atoms with Crippen molar-refractivity contribution in [1.82, 2.24) is 19.6 Å². The maximum absolute atomic E-state index is 5.93. The van der Waals surface area contributed by atoms with Crippen molar-refractivity contribution in [2.45, 2.75) is 19.3 Å². The minimum absolute atomic E-state index is 0.434. The summed E-state index contributed by atoms with van der Waals surface area (Å²) >= 11 is 0. The van der Waals surface area contributed by atoms with Gasteiger partial charge in [0.1, 0.15) is 12.1 Å². The van der Waals surface area contributed by atoms with Crippen LogP contribution >= 0.6 is 0 Å². The molecule has 0 aromatic carbocycles. The van der Waals surface area contributed by atoms with Crippen LogP contribution in [0.3, 0.4) is 0 Å². The Balaban J connectivity index is 1.70. The highest BCUT2D eigenvalue weighted by Gasteiger charge is 2.20. The van der Waals surface area contributed by atoms with E-state index >= 15 is 0 Å². The van der Waals surface area contributed by atoms with Gasteiger partial charge in [-0.1, -0.05) is 0 Å². The monoisotopic (exact) mass is 276 g/mol. The van der Waals surface area contributed by atoms with Crippen molar-refractivity contribution in [2.24, 2.45) is 5.92 Å². The van der Waals surface area contributed by atoms with Gasteiger partial charge in [-0.15, -0.1) is 10.2 Å². The van der Waals surface area contributed by atoms with Gasteiger partial charge in [-0.05, 0) is 25.2 Å². The predicted octanol–water partition coefficient (Wildman–Crippen LogP) is 0.959. The molecule has 0 bridgehead atoms.